The van der Waals surface area contributed by atoms with Gasteiger partial charge in [-0.3, -0.25) is 4.79 Å². The summed E-state index contributed by atoms with van der Waals surface area (Å²) in [7, 11) is 0. The van der Waals surface area contributed by atoms with Gasteiger partial charge in [0.1, 0.15) is 29.1 Å². The molecule has 4 aromatic rings. The van der Waals surface area contributed by atoms with Crippen molar-refractivity contribution in [2.75, 3.05) is 45.4 Å². The van der Waals surface area contributed by atoms with Crippen LogP contribution in [0.15, 0.2) is 30.6 Å². The summed E-state index contributed by atoms with van der Waals surface area (Å²) in [5.41, 5.74) is 11.0. The van der Waals surface area contributed by atoms with Gasteiger partial charge in [-0.25, -0.2) is 14.5 Å². The molecule has 1 saturated carbocycles. The lowest BCUT2D eigenvalue weighted by Crippen LogP contribution is -2.22. The van der Waals surface area contributed by atoms with E-state index >= 15 is 0 Å². The molecule has 10 heteroatoms. The smallest absolute Gasteiger partial charge is 0.153 e. The number of fused-ring (bicyclic) bond motifs is 2. The monoisotopic (exact) mass is 548 g/mol. The van der Waals surface area contributed by atoms with E-state index in [1.54, 1.807) is 0 Å². The average Bonchev–Trinajstić information content (AvgIpc) is 3.58. The summed E-state index contributed by atoms with van der Waals surface area (Å²) in [6.45, 7) is 7.61. The molecule has 0 spiro atoms. The molecule has 0 radical (unpaired) electrons. The van der Waals surface area contributed by atoms with Crippen molar-refractivity contribution in [3.63, 3.8) is 0 Å². The largest absolute Gasteiger partial charge is 0.382 e. The van der Waals surface area contributed by atoms with E-state index in [1.807, 2.05) is 11.4 Å². The maximum Gasteiger partial charge on any atom is 0.153 e. The van der Waals surface area contributed by atoms with Gasteiger partial charge < -0.3 is 24.9 Å². The van der Waals surface area contributed by atoms with Crippen LogP contribution in [0, 0.1) is 12.8 Å². The zero-order chi connectivity index (χ0) is 27.9. The van der Waals surface area contributed by atoms with E-state index < -0.39 is 0 Å². The number of H-pyrrole nitrogens is 1. The number of Topliss-reactive ketones (excluding diaryl/α,β-unsaturated/α-hetero) is 1. The third-order valence-corrected chi connectivity index (χ3v) is 7.81. The van der Waals surface area contributed by atoms with E-state index in [2.05, 4.69) is 46.3 Å². The van der Waals surface area contributed by atoms with E-state index in [4.69, 9.17) is 24.9 Å². The average molecular weight is 549 g/mol. The van der Waals surface area contributed by atoms with Crippen LogP contribution in [0.3, 0.4) is 0 Å². The van der Waals surface area contributed by atoms with Gasteiger partial charge >= 0.3 is 0 Å². The van der Waals surface area contributed by atoms with E-state index in [-0.39, 0.29) is 11.8 Å². The first-order valence-corrected chi connectivity index (χ1v) is 14.4. The second-order valence-electron chi connectivity index (χ2n) is 10.5. The molecule has 0 unspecified atom stereocenters. The van der Waals surface area contributed by atoms with Crippen molar-refractivity contribution in [2.45, 2.75) is 58.3 Å². The number of ether oxygens (including phenoxy) is 3. The molecule has 1 aromatic carbocycles. The van der Waals surface area contributed by atoms with Crippen LogP contribution in [0.2, 0.25) is 0 Å². The number of nitrogens with one attached hydrogen (secondary N) is 1. The van der Waals surface area contributed by atoms with Crippen LogP contribution in [0.5, 0.6) is 0 Å². The molecule has 3 N–H and O–H groups in total. The standard InChI is InChI=1S/C30H40N6O4/c1-3-38-14-15-40-17-16-39-13-5-8-25(37)21-9-11-22(12-10-21)30-35-27(28-29(31)32-19-33-36(28)30)24-18-23-7-4-6-20(2)26(23)34-24/h4,6-7,18-19,21-22,34H,3,5,8-17H2,1-2H3,(H2,31,32,33). The first kappa shape index (κ1) is 28.2. The number of nitrogens with zero attached hydrogens (tertiary/aromatic N) is 4. The van der Waals surface area contributed by atoms with Crippen molar-refractivity contribution in [3.05, 3.63) is 42.0 Å². The SMILES string of the molecule is CCOCCOCCOCCCC(=O)C1CCC(c2nc(-c3cc4cccc(C)c4[nH]3)c3c(N)ncnn23)CC1. The molecule has 0 bridgehead atoms. The molecule has 3 heterocycles. The summed E-state index contributed by atoms with van der Waals surface area (Å²) >= 11 is 0. The summed E-state index contributed by atoms with van der Waals surface area (Å²) in [5, 5.41) is 5.66. The van der Waals surface area contributed by atoms with Gasteiger partial charge in [0, 0.05) is 42.4 Å². The maximum atomic E-state index is 12.9. The summed E-state index contributed by atoms with van der Waals surface area (Å²) in [4.78, 5) is 25.7. The molecule has 1 fully saturated rings. The minimum absolute atomic E-state index is 0.0974. The third-order valence-electron chi connectivity index (χ3n) is 7.81. The van der Waals surface area contributed by atoms with Crippen LogP contribution in [0.25, 0.3) is 27.8 Å². The quantitative estimate of drug-likeness (QED) is 0.214. The van der Waals surface area contributed by atoms with Gasteiger partial charge in [-0.15, -0.1) is 0 Å². The highest BCUT2D eigenvalue weighted by molar-refractivity contribution is 5.92. The Hall–Kier alpha value is -3.34. The zero-order valence-electron chi connectivity index (χ0n) is 23.5. The van der Waals surface area contributed by atoms with Gasteiger partial charge in [-0.05, 0) is 57.6 Å². The van der Waals surface area contributed by atoms with Gasteiger partial charge in [0.25, 0.3) is 0 Å². The molecule has 1 aliphatic rings. The summed E-state index contributed by atoms with van der Waals surface area (Å²) in [6, 6.07) is 8.34. The molecular formula is C30H40N6O4. The maximum absolute atomic E-state index is 12.9. The Labute approximate surface area is 234 Å². The molecule has 0 saturated heterocycles. The molecule has 214 valence electrons. The molecule has 1 aliphatic carbocycles. The predicted octanol–water partition coefficient (Wildman–Crippen LogP) is 4.86. The van der Waals surface area contributed by atoms with E-state index in [0.29, 0.717) is 57.7 Å². The highest BCUT2D eigenvalue weighted by Crippen LogP contribution is 2.39. The Balaban J connectivity index is 1.16. The number of carbonyl (C=O) groups excluding carboxylic acids is 1. The highest BCUT2D eigenvalue weighted by Gasteiger charge is 2.31. The van der Waals surface area contributed by atoms with Crippen molar-refractivity contribution in [1.82, 2.24) is 24.6 Å². The van der Waals surface area contributed by atoms with Crippen LogP contribution in [-0.2, 0) is 19.0 Å². The zero-order valence-corrected chi connectivity index (χ0v) is 23.5. The van der Waals surface area contributed by atoms with Gasteiger partial charge in [0.05, 0.1) is 32.1 Å². The van der Waals surface area contributed by atoms with Crippen LogP contribution >= 0.6 is 0 Å². The number of carbonyl (C=O) groups is 1. The topological polar surface area (TPSA) is 130 Å². The Morgan fingerprint density at radius 1 is 1.07 bits per heavy atom. The van der Waals surface area contributed by atoms with Crippen LogP contribution in [-0.4, -0.2) is 70.0 Å². The summed E-state index contributed by atoms with van der Waals surface area (Å²) < 4.78 is 18.1. The van der Waals surface area contributed by atoms with Crippen LogP contribution in [0.4, 0.5) is 5.82 Å². The van der Waals surface area contributed by atoms with E-state index in [9.17, 15) is 4.79 Å². The number of imidazole rings is 1. The first-order valence-electron chi connectivity index (χ1n) is 14.4. The lowest BCUT2D eigenvalue weighted by atomic mass is 9.79. The lowest BCUT2D eigenvalue weighted by molar-refractivity contribution is -0.124. The van der Waals surface area contributed by atoms with Crippen LogP contribution < -0.4 is 5.73 Å². The van der Waals surface area contributed by atoms with E-state index in [1.165, 1.54) is 11.9 Å². The number of para-hydroxylation sites is 1. The minimum atomic E-state index is 0.0974. The Morgan fingerprint density at radius 3 is 2.58 bits per heavy atom. The van der Waals surface area contributed by atoms with Gasteiger partial charge in [-0.1, -0.05) is 18.2 Å². The van der Waals surface area contributed by atoms with Crippen molar-refractivity contribution in [1.29, 1.82) is 0 Å². The molecule has 0 aliphatic heterocycles. The van der Waals surface area contributed by atoms with Crippen molar-refractivity contribution < 1.29 is 19.0 Å². The molecule has 0 atom stereocenters. The summed E-state index contributed by atoms with van der Waals surface area (Å²) in [5.74, 6) is 1.93. The normalized spacial score (nSPS) is 17.6. The van der Waals surface area contributed by atoms with Crippen molar-refractivity contribution in [2.24, 2.45) is 5.92 Å². The first-order chi connectivity index (χ1) is 19.6. The Morgan fingerprint density at radius 2 is 1.82 bits per heavy atom. The van der Waals surface area contributed by atoms with Crippen LogP contribution in [0.1, 0.15) is 62.8 Å². The number of aromatic amines is 1. The fourth-order valence-corrected chi connectivity index (χ4v) is 5.67. The molecule has 10 nitrogen and oxygen atoms in total. The Bertz CT molecular complexity index is 1420. The third kappa shape index (κ3) is 6.35. The lowest BCUT2D eigenvalue weighted by Gasteiger charge is -2.26. The molecular weight excluding hydrogens is 508 g/mol. The number of benzene rings is 1. The number of anilines is 1. The second-order valence-corrected chi connectivity index (χ2v) is 10.5. The van der Waals surface area contributed by atoms with E-state index in [0.717, 1.165) is 65.7 Å². The Kier molecular flexibility index (Phi) is 9.41. The van der Waals surface area contributed by atoms with Gasteiger partial charge in [0.15, 0.2) is 5.82 Å². The van der Waals surface area contributed by atoms with Gasteiger partial charge in [-0.2, -0.15) is 5.10 Å². The summed E-state index contributed by atoms with van der Waals surface area (Å²) in [6.07, 6.45) is 6.27. The fraction of sp³-hybridized carbons (Fsp3) is 0.533. The second kappa shape index (κ2) is 13.3. The number of hydrogen-bond acceptors (Lipinski definition) is 8. The number of aryl methyl sites for hydroxylation is 1. The van der Waals surface area contributed by atoms with Crippen molar-refractivity contribution in [3.8, 4) is 11.4 Å². The number of ketones is 1. The fourth-order valence-electron chi connectivity index (χ4n) is 5.67. The number of hydrogen-bond donors (Lipinski definition) is 2. The van der Waals surface area contributed by atoms with Crippen molar-refractivity contribution >= 4 is 28.0 Å². The predicted molar refractivity (Wildman–Crippen MR) is 154 cm³/mol. The molecule has 0 amide bonds. The van der Waals surface area contributed by atoms with Gasteiger partial charge in [0.2, 0.25) is 0 Å². The minimum Gasteiger partial charge on any atom is -0.382 e. The number of aromatic nitrogens is 5. The number of nitrogens with two attached hydrogens (primary N) is 1. The molecule has 5 rings (SSSR count). The molecule has 3 aromatic heterocycles. The number of rotatable bonds is 14. The highest BCUT2D eigenvalue weighted by atomic mass is 16.5. The molecule has 40 heavy (non-hydrogen) atoms. The number of nitrogen functional groups attached to an aromatic ring is 1.